The summed E-state index contributed by atoms with van der Waals surface area (Å²) in [4.78, 5) is 35.7. The van der Waals surface area contributed by atoms with Crippen LogP contribution in [-0.2, 0) is 20.7 Å². The molecule has 2 amide bonds. The molecule has 0 aliphatic carbocycles. The van der Waals surface area contributed by atoms with E-state index >= 15 is 0 Å². The maximum atomic E-state index is 12.6. The second kappa shape index (κ2) is 11.7. The van der Waals surface area contributed by atoms with Crippen molar-refractivity contribution in [3.05, 3.63) is 83.4 Å². The van der Waals surface area contributed by atoms with Crippen LogP contribution in [-0.4, -0.2) is 43.7 Å². The Hall–Kier alpha value is -4.24. The molecule has 9 heteroatoms. The first kappa shape index (κ1) is 25.8. The van der Waals surface area contributed by atoms with Gasteiger partial charge in [-0.05, 0) is 65.6 Å². The average Bonchev–Trinajstić information content (AvgIpc) is 3.24. The van der Waals surface area contributed by atoms with Crippen LogP contribution in [0.1, 0.15) is 16.7 Å². The van der Waals surface area contributed by atoms with Crippen LogP contribution in [0.4, 0.5) is 4.79 Å². The summed E-state index contributed by atoms with van der Waals surface area (Å²) < 4.78 is 21.6. The highest BCUT2D eigenvalue weighted by Gasteiger charge is 2.31. The third-order valence-electron chi connectivity index (χ3n) is 5.60. The number of benzene rings is 3. The van der Waals surface area contributed by atoms with Crippen LogP contribution in [0.3, 0.4) is 0 Å². The van der Waals surface area contributed by atoms with Crippen molar-refractivity contribution in [1.29, 1.82) is 0 Å². The zero-order chi connectivity index (χ0) is 26.4. The van der Waals surface area contributed by atoms with Crippen LogP contribution in [0.2, 0.25) is 0 Å². The number of hydrogen-bond acceptors (Lipinski definition) is 8. The topological polar surface area (TPSA) is 100 Å². The van der Waals surface area contributed by atoms with Crippen LogP contribution in [0.25, 0.3) is 11.6 Å². The van der Waals surface area contributed by atoms with Gasteiger partial charge in [-0.3, -0.25) is 14.9 Å². The molecule has 0 saturated carbocycles. The minimum Gasteiger partial charge on any atom is -0.497 e. The lowest BCUT2D eigenvalue weighted by atomic mass is 10.0. The van der Waals surface area contributed by atoms with Gasteiger partial charge >= 0.3 is 5.97 Å². The molecule has 4 rings (SSSR count). The Bertz CT molecular complexity index is 1310. The highest BCUT2D eigenvalue weighted by molar-refractivity contribution is 8.15. The van der Waals surface area contributed by atoms with Crippen LogP contribution in [0.15, 0.2) is 66.7 Å². The molecular formula is C28H25NO7S. The number of amides is 2. The Morgan fingerprint density at radius 2 is 1.46 bits per heavy atom. The number of esters is 1. The molecule has 3 aromatic carbocycles. The average molecular weight is 520 g/mol. The standard InChI is InChI=1S/C28H25NO7S/c1-33-22-12-18(13-23(16-22)34-2)14-24(27(31)35-3)19-6-10-21(11-7-19)36-20-8-4-17(5-9-20)15-25-26(30)29-28(32)37-25/h4-14,16,25H,15H2,1-3H3,(H,29,30,32)/b24-14-. The Labute approximate surface area is 218 Å². The molecule has 8 nitrogen and oxygen atoms in total. The minimum absolute atomic E-state index is 0.263. The maximum Gasteiger partial charge on any atom is 0.338 e. The largest absolute Gasteiger partial charge is 0.497 e. The van der Waals surface area contributed by atoms with Gasteiger partial charge in [0, 0.05) is 6.07 Å². The number of methoxy groups -OCH3 is 3. The molecule has 1 aliphatic heterocycles. The summed E-state index contributed by atoms with van der Waals surface area (Å²) in [5, 5.41) is 1.57. The summed E-state index contributed by atoms with van der Waals surface area (Å²) in [5.74, 6) is 1.65. The first-order valence-electron chi connectivity index (χ1n) is 11.3. The van der Waals surface area contributed by atoms with Crippen LogP contribution in [0.5, 0.6) is 23.0 Å². The SMILES string of the molecule is COC(=O)/C(=C\c1cc(OC)cc(OC)c1)c1ccc(Oc2ccc(CC3SC(=O)NC3=O)cc2)cc1. The predicted molar refractivity (Wildman–Crippen MR) is 141 cm³/mol. The van der Waals surface area contributed by atoms with Crippen molar-refractivity contribution in [3.8, 4) is 23.0 Å². The van der Waals surface area contributed by atoms with Crippen molar-refractivity contribution in [3.63, 3.8) is 0 Å². The molecule has 1 aliphatic rings. The number of ether oxygens (including phenoxy) is 4. The Kier molecular flexibility index (Phi) is 8.15. The first-order valence-corrected chi connectivity index (χ1v) is 12.2. The fourth-order valence-electron chi connectivity index (χ4n) is 3.72. The number of imide groups is 1. The number of hydrogen-bond donors (Lipinski definition) is 1. The molecule has 1 fully saturated rings. The van der Waals surface area contributed by atoms with Gasteiger partial charge in [0.2, 0.25) is 5.91 Å². The predicted octanol–water partition coefficient (Wildman–Crippen LogP) is 5.10. The molecule has 1 unspecified atom stereocenters. The van der Waals surface area contributed by atoms with Crippen molar-refractivity contribution >= 4 is 40.5 Å². The molecular weight excluding hydrogens is 494 g/mol. The van der Waals surface area contributed by atoms with Crippen molar-refractivity contribution in [2.45, 2.75) is 11.7 Å². The van der Waals surface area contributed by atoms with E-state index in [0.29, 0.717) is 40.6 Å². The van der Waals surface area contributed by atoms with E-state index in [1.807, 2.05) is 12.1 Å². The van der Waals surface area contributed by atoms with E-state index in [-0.39, 0.29) is 11.1 Å². The number of thioether (sulfide) groups is 1. The molecule has 1 N–H and O–H groups in total. The van der Waals surface area contributed by atoms with Gasteiger partial charge in [-0.2, -0.15) is 0 Å². The number of rotatable bonds is 9. The first-order chi connectivity index (χ1) is 17.9. The molecule has 1 atom stereocenters. The van der Waals surface area contributed by atoms with Crippen molar-refractivity contribution in [1.82, 2.24) is 5.32 Å². The number of carbonyl (C=O) groups excluding carboxylic acids is 3. The van der Waals surface area contributed by atoms with Gasteiger partial charge in [0.1, 0.15) is 23.0 Å². The Morgan fingerprint density at radius 1 is 0.865 bits per heavy atom. The van der Waals surface area contributed by atoms with Crippen LogP contribution >= 0.6 is 11.8 Å². The van der Waals surface area contributed by atoms with Crippen molar-refractivity contribution in [2.75, 3.05) is 21.3 Å². The van der Waals surface area contributed by atoms with E-state index in [9.17, 15) is 14.4 Å². The Balaban J connectivity index is 1.49. The lowest BCUT2D eigenvalue weighted by Crippen LogP contribution is -2.25. The lowest BCUT2D eigenvalue weighted by molar-refractivity contribution is -0.133. The zero-order valence-electron chi connectivity index (χ0n) is 20.5. The molecule has 3 aromatic rings. The van der Waals surface area contributed by atoms with Gasteiger partial charge in [-0.25, -0.2) is 4.79 Å². The summed E-state index contributed by atoms with van der Waals surface area (Å²) in [6.07, 6.45) is 2.17. The van der Waals surface area contributed by atoms with Gasteiger partial charge in [-0.1, -0.05) is 36.0 Å². The molecule has 0 radical (unpaired) electrons. The van der Waals surface area contributed by atoms with Crippen molar-refractivity contribution in [2.24, 2.45) is 0 Å². The van der Waals surface area contributed by atoms with E-state index in [1.54, 1.807) is 74.9 Å². The third kappa shape index (κ3) is 6.50. The van der Waals surface area contributed by atoms with Gasteiger partial charge < -0.3 is 18.9 Å². The minimum atomic E-state index is -0.484. The summed E-state index contributed by atoms with van der Waals surface area (Å²) in [6.45, 7) is 0. The highest BCUT2D eigenvalue weighted by atomic mass is 32.2. The van der Waals surface area contributed by atoms with E-state index in [2.05, 4.69) is 5.32 Å². The molecule has 190 valence electrons. The second-order valence-electron chi connectivity index (χ2n) is 8.05. The molecule has 1 heterocycles. The van der Waals surface area contributed by atoms with Crippen LogP contribution < -0.4 is 19.5 Å². The molecule has 37 heavy (non-hydrogen) atoms. The normalized spacial score (nSPS) is 15.2. The van der Waals surface area contributed by atoms with E-state index in [0.717, 1.165) is 22.9 Å². The van der Waals surface area contributed by atoms with Crippen molar-refractivity contribution < 1.29 is 33.3 Å². The molecule has 0 bridgehead atoms. The van der Waals surface area contributed by atoms with Gasteiger partial charge in [0.15, 0.2) is 0 Å². The van der Waals surface area contributed by atoms with Gasteiger partial charge in [0.05, 0.1) is 32.2 Å². The second-order valence-corrected chi connectivity index (χ2v) is 9.23. The third-order valence-corrected chi connectivity index (χ3v) is 6.58. The van der Waals surface area contributed by atoms with E-state index in [4.69, 9.17) is 18.9 Å². The number of carbonyl (C=O) groups is 3. The summed E-state index contributed by atoms with van der Waals surface area (Å²) in [7, 11) is 4.45. The van der Waals surface area contributed by atoms with Crippen LogP contribution in [0, 0.1) is 0 Å². The lowest BCUT2D eigenvalue weighted by Gasteiger charge is -2.11. The zero-order valence-corrected chi connectivity index (χ0v) is 21.3. The maximum absolute atomic E-state index is 12.6. The fourth-order valence-corrected chi connectivity index (χ4v) is 4.58. The number of nitrogens with one attached hydrogen (secondary N) is 1. The monoisotopic (exact) mass is 519 g/mol. The smallest absolute Gasteiger partial charge is 0.338 e. The summed E-state index contributed by atoms with van der Waals surface area (Å²) in [5.41, 5.74) is 2.65. The van der Waals surface area contributed by atoms with Gasteiger partial charge in [-0.15, -0.1) is 0 Å². The summed E-state index contributed by atoms with van der Waals surface area (Å²) >= 11 is 1.01. The quantitative estimate of drug-likeness (QED) is 0.237. The van der Waals surface area contributed by atoms with Gasteiger partial charge in [0.25, 0.3) is 5.24 Å². The summed E-state index contributed by atoms with van der Waals surface area (Å²) in [6, 6.07) is 19.7. The highest BCUT2D eigenvalue weighted by Crippen LogP contribution is 2.29. The molecule has 1 saturated heterocycles. The Morgan fingerprint density at radius 3 is 1.97 bits per heavy atom. The van der Waals surface area contributed by atoms with E-state index in [1.165, 1.54) is 7.11 Å². The van der Waals surface area contributed by atoms with E-state index < -0.39 is 11.2 Å². The fraction of sp³-hybridized carbons (Fsp3) is 0.179. The molecule has 0 spiro atoms. The molecule has 0 aromatic heterocycles.